The number of nitrogens with one attached hydrogen (secondary N) is 2. The maximum atomic E-state index is 13.6. The van der Waals surface area contributed by atoms with Crippen molar-refractivity contribution in [2.75, 3.05) is 11.1 Å². The second kappa shape index (κ2) is 10.8. The Labute approximate surface area is 201 Å². The number of hydrogen-bond acceptors (Lipinski definition) is 5. The lowest BCUT2D eigenvalue weighted by Crippen LogP contribution is -2.33. The van der Waals surface area contributed by atoms with Crippen molar-refractivity contribution in [3.63, 3.8) is 0 Å². The molecule has 2 amide bonds. The second-order valence-corrected chi connectivity index (χ2v) is 9.28. The van der Waals surface area contributed by atoms with Crippen LogP contribution in [0.4, 0.5) is 10.1 Å². The Morgan fingerprint density at radius 1 is 1.15 bits per heavy atom. The predicted octanol–water partition coefficient (Wildman–Crippen LogP) is 4.77. The van der Waals surface area contributed by atoms with E-state index in [1.54, 1.807) is 23.7 Å². The number of aromatic nitrogens is 3. The normalized spacial score (nSPS) is 12.0. The maximum Gasteiger partial charge on any atom is 0.251 e. The van der Waals surface area contributed by atoms with Crippen LogP contribution in [0.5, 0.6) is 0 Å². The van der Waals surface area contributed by atoms with Gasteiger partial charge in [-0.05, 0) is 43.2 Å². The van der Waals surface area contributed by atoms with Crippen molar-refractivity contribution in [1.29, 1.82) is 0 Å². The molecule has 1 heterocycles. The van der Waals surface area contributed by atoms with Crippen molar-refractivity contribution in [3.05, 3.63) is 70.3 Å². The van der Waals surface area contributed by atoms with Crippen LogP contribution in [-0.2, 0) is 11.8 Å². The van der Waals surface area contributed by atoms with Gasteiger partial charge in [0.1, 0.15) is 5.82 Å². The first-order chi connectivity index (χ1) is 15.7. The molecule has 1 atom stereocenters. The lowest BCUT2D eigenvalue weighted by molar-refractivity contribution is -0.113. The van der Waals surface area contributed by atoms with E-state index in [1.807, 2.05) is 32.9 Å². The minimum atomic E-state index is -0.604. The van der Waals surface area contributed by atoms with Gasteiger partial charge in [-0.25, -0.2) is 4.39 Å². The van der Waals surface area contributed by atoms with E-state index in [0.29, 0.717) is 22.2 Å². The third-order valence-electron chi connectivity index (χ3n) is 4.95. The third-order valence-corrected chi connectivity index (χ3v) is 6.28. The summed E-state index contributed by atoms with van der Waals surface area (Å²) in [5.74, 6) is -0.415. The van der Waals surface area contributed by atoms with E-state index < -0.39 is 5.82 Å². The van der Waals surface area contributed by atoms with Crippen LogP contribution in [0, 0.1) is 18.7 Å². The van der Waals surface area contributed by atoms with Gasteiger partial charge in [-0.2, -0.15) is 0 Å². The molecule has 7 nitrogen and oxygen atoms in total. The highest BCUT2D eigenvalue weighted by atomic mass is 35.5. The van der Waals surface area contributed by atoms with Crippen molar-refractivity contribution < 1.29 is 14.0 Å². The van der Waals surface area contributed by atoms with E-state index in [2.05, 4.69) is 20.8 Å². The Bertz CT molecular complexity index is 1150. The minimum absolute atomic E-state index is 0.0110. The highest BCUT2D eigenvalue weighted by Crippen LogP contribution is 2.25. The molecule has 0 spiro atoms. The molecule has 3 rings (SSSR count). The van der Waals surface area contributed by atoms with Crippen LogP contribution in [0.15, 0.2) is 47.6 Å². The van der Waals surface area contributed by atoms with Crippen molar-refractivity contribution in [2.45, 2.75) is 32.0 Å². The van der Waals surface area contributed by atoms with Gasteiger partial charge in [0, 0.05) is 18.3 Å². The molecule has 0 saturated heterocycles. The Balaban J connectivity index is 1.65. The fraction of sp³-hybridized carbons (Fsp3) is 0.304. The summed E-state index contributed by atoms with van der Waals surface area (Å²) in [6.45, 7) is 5.94. The molecule has 174 valence electrons. The monoisotopic (exact) mass is 489 g/mol. The highest BCUT2D eigenvalue weighted by molar-refractivity contribution is 7.99. The van der Waals surface area contributed by atoms with Gasteiger partial charge in [0.2, 0.25) is 5.91 Å². The van der Waals surface area contributed by atoms with Crippen molar-refractivity contribution in [3.8, 4) is 0 Å². The maximum absolute atomic E-state index is 13.6. The summed E-state index contributed by atoms with van der Waals surface area (Å²) in [5.41, 5.74) is 1.96. The Morgan fingerprint density at radius 3 is 2.48 bits per heavy atom. The molecule has 0 radical (unpaired) electrons. The van der Waals surface area contributed by atoms with Crippen LogP contribution in [0.25, 0.3) is 0 Å². The van der Waals surface area contributed by atoms with Crippen LogP contribution < -0.4 is 10.6 Å². The van der Waals surface area contributed by atoms with Gasteiger partial charge < -0.3 is 15.2 Å². The zero-order valence-electron chi connectivity index (χ0n) is 18.7. The largest absolute Gasteiger partial charge is 0.342 e. The number of benzene rings is 2. The van der Waals surface area contributed by atoms with Crippen molar-refractivity contribution in [2.24, 2.45) is 13.0 Å². The lowest BCUT2D eigenvalue weighted by Gasteiger charge is -2.21. The number of thioether (sulfide) groups is 1. The molecule has 0 bridgehead atoms. The standard InChI is InChI=1S/C23H25ClFN5O2S/c1-13(2)20(27-22(32)15-7-5-14(3)6-8-15)21-28-29-23(30(21)4)33-12-19(31)26-16-9-10-17(24)18(25)11-16/h5-11,13,20H,12H2,1-4H3,(H,26,31)(H,27,32)/t20-/m0/s1. The molecule has 2 aromatic carbocycles. The van der Waals surface area contributed by atoms with Gasteiger partial charge in [0.15, 0.2) is 11.0 Å². The Hall–Kier alpha value is -2.91. The first-order valence-corrected chi connectivity index (χ1v) is 11.7. The van der Waals surface area contributed by atoms with Gasteiger partial charge in [-0.1, -0.05) is 54.9 Å². The first kappa shape index (κ1) is 24.7. The Kier molecular flexibility index (Phi) is 8.10. The number of rotatable bonds is 8. The van der Waals surface area contributed by atoms with Crippen LogP contribution in [-0.4, -0.2) is 32.3 Å². The number of hydrogen-bond donors (Lipinski definition) is 2. The summed E-state index contributed by atoms with van der Waals surface area (Å²) in [4.78, 5) is 25.0. The summed E-state index contributed by atoms with van der Waals surface area (Å²) in [7, 11) is 1.79. The average Bonchev–Trinajstić information content (AvgIpc) is 3.13. The zero-order valence-corrected chi connectivity index (χ0v) is 20.3. The molecule has 3 aromatic rings. The van der Waals surface area contributed by atoms with E-state index >= 15 is 0 Å². The third kappa shape index (κ3) is 6.33. The molecule has 33 heavy (non-hydrogen) atoms. The number of aryl methyl sites for hydroxylation is 1. The van der Waals surface area contributed by atoms with Gasteiger partial charge >= 0.3 is 0 Å². The van der Waals surface area contributed by atoms with Crippen molar-refractivity contribution >= 4 is 40.9 Å². The van der Waals surface area contributed by atoms with Crippen LogP contribution in [0.3, 0.4) is 0 Å². The van der Waals surface area contributed by atoms with E-state index in [-0.39, 0.29) is 34.5 Å². The van der Waals surface area contributed by atoms with Crippen LogP contribution in [0.2, 0.25) is 5.02 Å². The van der Waals surface area contributed by atoms with E-state index in [4.69, 9.17) is 11.6 Å². The summed E-state index contributed by atoms with van der Waals surface area (Å²) >= 11 is 6.86. The smallest absolute Gasteiger partial charge is 0.251 e. The number of amides is 2. The highest BCUT2D eigenvalue weighted by Gasteiger charge is 2.25. The quantitative estimate of drug-likeness (QED) is 0.445. The van der Waals surface area contributed by atoms with E-state index in [1.165, 1.54) is 23.9 Å². The molecule has 1 aromatic heterocycles. The summed E-state index contributed by atoms with van der Waals surface area (Å²) in [6.07, 6.45) is 0. The molecule has 0 unspecified atom stereocenters. The Morgan fingerprint density at radius 2 is 1.85 bits per heavy atom. The molecule has 0 saturated carbocycles. The average molecular weight is 490 g/mol. The number of nitrogens with zero attached hydrogens (tertiary/aromatic N) is 3. The summed E-state index contributed by atoms with van der Waals surface area (Å²) in [6, 6.07) is 11.0. The number of carbonyl (C=O) groups is 2. The summed E-state index contributed by atoms with van der Waals surface area (Å²) in [5, 5.41) is 14.6. The van der Waals surface area contributed by atoms with Crippen molar-refractivity contribution in [1.82, 2.24) is 20.1 Å². The molecule has 10 heteroatoms. The lowest BCUT2D eigenvalue weighted by atomic mass is 10.0. The SMILES string of the molecule is Cc1ccc(C(=O)N[C@H](c2nnc(SCC(=O)Nc3ccc(Cl)c(F)c3)n2C)C(C)C)cc1. The van der Waals surface area contributed by atoms with E-state index in [0.717, 1.165) is 11.6 Å². The predicted molar refractivity (Wildman–Crippen MR) is 128 cm³/mol. The zero-order chi connectivity index (χ0) is 24.1. The van der Waals surface area contributed by atoms with Crippen LogP contribution in [0.1, 0.15) is 41.6 Å². The molecule has 0 fully saturated rings. The van der Waals surface area contributed by atoms with Gasteiger partial charge in [-0.15, -0.1) is 10.2 Å². The fourth-order valence-electron chi connectivity index (χ4n) is 3.08. The molecule has 0 aliphatic carbocycles. The minimum Gasteiger partial charge on any atom is -0.342 e. The molecular weight excluding hydrogens is 465 g/mol. The first-order valence-electron chi connectivity index (χ1n) is 10.3. The number of carbonyl (C=O) groups excluding carboxylic acids is 2. The molecule has 2 N–H and O–H groups in total. The fourth-order valence-corrected chi connectivity index (χ4v) is 3.92. The number of halogens is 2. The van der Waals surface area contributed by atoms with Gasteiger partial charge in [0.25, 0.3) is 5.91 Å². The topological polar surface area (TPSA) is 88.9 Å². The molecular formula is C23H25ClFN5O2S. The molecule has 0 aliphatic heterocycles. The number of anilines is 1. The summed E-state index contributed by atoms with van der Waals surface area (Å²) < 4.78 is 15.3. The second-order valence-electron chi connectivity index (χ2n) is 7.93. The van der Waals surface area contributed by atoms with E-state index in [9.17, 15) is 14.0 Å². The van der Waals surface area contributed by atoms with Crippen LogP contribution >= 0.6 is 23.4 Å². The van der Waals surface area contributed by atoms with Gasteiger partial charge in [0.05, 0.1) is 16.8 Å². The molecule has 0 aliphatic rings. The van der Waals surface area contributed by atoms with Gasteiger partial charge in [-0.3, -0.25) is 9.59 Å².